The number of rotatable bonds is 6. The van der Waals surface area contributed by atoms with E-state index in [9.17, 15) is 22.8 Å². The van der Waals surface area contributed by atoms with Crippen molar-refractivity contribution in [1.29, 1.82) is 0 Å². The summed E-state index contributed by atoms with van der Waals surface area (Å²) >= 11 is 0. The second-order valence-corrected chi connectivity index (χ2v) is 6.46. The smallest absolute Gasteiger partial charge is 0.345 e. The molecule has 2 aromatic rings. The first kappa shape index (κ1) is 21.3. The zero-order chi connectivity index (χ0) is 20.9. The van der Waals surface area contributed by atoms with Gasteiger partial charge < -0.3 is 10.6 Å². The van der Waals surface area contributed by atoms with Crippen LogP contribution in [0.2, 0.25) is 0 Å². The zero-order valence-electron chi connectivity index (χ0n) is 15.7. The van der Waals surface area contributed by atoms with Crippen LogP contribution in [-0.4, -0.2) is 28.0 Å². The van der Waals surface area contributed by atoms with Crippen molar-refractivity contribution in [3.63, 3.8) is 0 Å². The fraction of sp³-hybridized carbons (Fsp3) is 0.368. The Morgan fingerprint density at radius 3 is 2.50 bits per heavy atom. The van der Waals surface area contributed by atoms with Gasteiger partial charge in [-0.1, -0.05) is 0 Å². The highest BCUT2D eigenvalue weighted by Crippen LogP contribution is 2.22. The maximum absolute atomic E-state index is 12.4. The number of hydrogen-bond acceptors (Lipinski definition) is 4. The number of alkyl halides is 3. The maximum atomic E-state index is 12.4. The molecular formula is C19H21F3N4O2. The fourth-order valence-electron chi connectivity index (χ4n) is 2.53. The van der Waals surface area contributed by atoms with E-state index in [-0.39, 0.29) is 29.6 Å². The van der Waals surface area contributed by atoms with E-state index >= 15 is 0 Å². The molecule has 0 aromatic carbocycles. The van der Waals surface area contributed by atoms with Crippen LogP contribution in [0, 0.1) is 6.92 Å². The van der Waals surface area contributed by atoms with Gasteiger partial charge in [0.2, 0.25) is 5.91 Å². The molecule has 0 aliphatic carbocycles. The Bertz CT molecular complexity index is 851. The summed E-state index contributed by atoms with van der Waals surface area (Å²) in [5.74, 6) is -0.269. The van der Waals surface area contributed by atoms with Gasteiger partial charge in [0.05, 0.1) is 11.6 Å². The normalized spacial score (nSPS) is 12.4. The third kappa shape index (κ3) is 6.64. The van der Waals surface area contributed by atoms with Crippen LogP contribution in [-0.2, 0) is 11.2 Å². The van der Waals surface area contributed by atoms with E-state index in [0.29, 0.717) is 11.5 Å². The minimum Gasteiger partial charge on any atom is -0.345 e. The molecule has 0 aliphatic heterocycles. The first-order valence-electron chi connectivity index (χ1n) is 8.62. The lowest BCUT2D eigenvalue weighted by Gasteiger charge is -2.16. The summed E-state index contributed by atoms with van der Waals surface area (Å²) in [6, 6.07) is 5.93. The van der Waals surface area contributed by atoms with Crippen LogP contribution >= 0.6 is 0 Å². The lowest BCUT2D eigenvalue weighted by Crippen LogP contribution is -2.27. The molecule has 2 amide bonds. The molecule has 9 heteroatoms. The molecule has 0 spiro atoms. The molecule has 0 bridgehead atoms. The summed E-state index contributed by atoms with van der Waals surface area (Å²) < 4.78 is 36.8. The Labute approximate surface area is 160 Å². The van der Waals surface area contributed by atoms with Gasteiger partial charge in [0.15, 0.2) is 0 Å². The van der Waals surface area contributed by atoms with Gasteiger partial charge in [0.25, 0.3) is 5.91 Å². The molecule has 2 N–H and O–H groups in total. The van der Waals surface area contributed by atoms with Gasteiger partial charge >= 0.3 is 6.18 Å². The topological polar surface area (TPSA) is 84.0 Å². The molecule has 0 saturated heterocycles. The van der Waals surface area contributed by atoms with E-state index in [1.54, 1.807) is 26.0 Å². The fourth-order valence-corrected chi connectivity index (χ4v) is 2.53. The summed E-state index contributed by atoms with van der Waals surface area (Å²) in [7, 11) is 0. The lowest BCUT2D eigenvalue weighted by molar-refractivity contribution is -0.134. The highest BCUT2D eigenvalue weighted by Gasteiger charge is 2.26. The van der Waals surface area contributed by atoms with Crippen LogP contribution in [0.15, 0.2) is 30.5 Å². The molecular weight excluding hydrogens is 373 g/mol. The molecule has 2 aromatic heterocycles. The largest absolute Gasteiger partial charge is 0.389 e. The zero-order valence-corrected chi connectivity index (χ0v) is 15.7. The van der Waals surface area contributed by atoms with Crippen molar-refractivity contribution in [2.45, 2.75) is 45.8 Å². The molecule has 0 saturated carbocycles. The number of halogens is 3. The summed E-state index contributed by atoms with van der Waals surface area (Å²) in [6.07, 6.45) is -4.18. The number of carbonyl (C=O) groups is 2. The standard InChI is InChI=1S/C19H21F3N4O2/c1-11-8-15(9-17(24-11)26-13(3)27)12(2)25-18(28)14-4-5-16(23-10-14)6-7-19(20,21)22/h4-5,8-10,12H,6-7H2,1-3H3,(H,25,28)(H,24,26,27). The van der Waals surface area contributed by atoms with Gasteiger partial charge in [-0.15, -0.1) is 0 Å². The van der Waals surface area contributed by atoms with E-state index in [1.807, 2.05) is 0 Å². The number of aryl methyl sites for hydroxylation is 2. The van der Waals surface area contributed by atoms with Crippen LogP contribution in [0.3, 0.4) is 0 Å². The van der Waals surface area contributed by atoms with Crippen molar-refractivity contribution in [2.24, 2.45) is 0 Å². The summed E-state index contributed by atoms with van der Waals surface area (Å²) in [4.78, 5) is 31.7. The number of aromatic nitrogens is 2. The lowest BCUT2D eigenvalue weighted by atomic mass is 10.1. The molecule has 28 heavy (non-hydrogen) atoms. The van der Waals surface area contributed by atoms with Crippen molar-refractivity contribution < 1.29 is 22.8 Å². The maximum Gasteiger partial charge on any atom is 0.389 e. The van der Waals surface area contributed by atoms with E-state index in [4.69, 9.17) is 0 Å². The number of anilines is 1. The first-order valence-corrected chi connectivity index (χ1v) is 8.62. The monoisotopic (exact) mass is 394 g/mol. The van der Waals surface area contributed by atoms with Crippen LogP contribution in [0.4, 0.5) is 19.0 Å². The quantitative estimate of drug-likeness (QED) is 0.782. The van der Waals surface area contributed by atoms with Gasteiger partial charge in [0, 0.05) is 30.9 Å². The SMILES string of the molecule is CC(=O)Nc1cc(C(C)NC(=O)c2ccc(CCC(F)(F)F)nc2)cc(C)n1. The minimum absolute atomic E-state index is 0.232. The number of carbonyl (C=O) groups excluding carboxylic acids is 2. The predicted molar refractivity (Wildman–Crippen MR) is 97.8 cm³/mol. The van der Waals surface area contributed by atoms with Crippen LogP contribution < -0.4 is 10.6 Å². The van der Waals surface area contributed by atoms with Gasteiger partial charge in [-0.2, -0.15) is 13.2 Å². The van der Waals surface area contributed by atoms with Gasteiger partial charge in [0.1, 0.15) is 5.82 Å². The number of amides is 2. The minimum atomic E-state index is -4.24. The highest BCUT2D eigenvalue weighted by atomic mass is 19.4. The van der Waals surface area contributed by atoms with Gasteiger partial charge in [-0.05, 0) is 50.1 Å². The van der Waals surface area contributed by atoms with Crippen LogP contribution in [0.1, 0.15) is 53.6 Å². The molecule has 6 nitrogen and oxygen atoms in total. The third-order valence-corrected chi connectivity index (χ3v) is 3.88. The number of pyridine rings is 2. The molecule has 1 atom stereocenters. The number of nitrogens with zero attached hydrogens (tertiary/aromatic N) is 2. The van der Waals surface area contributed by atoms with Crippen LogP contribution in [0.5, 0.6) is 0 Å². The Morgan fingerprint density at radius 2 is 1.93 bits per heavy atom. The number of nitrogens with one attached hydrogen (secondary N) is 2. The first-order chi connectivity index (χ1) is 13.0. The van der Waals surface area contributed by atoms with Crippen molar-refractivity contribution in [3.05, 3.63) is 53.0 Å². The van der Waals surface area contributed by atoms with Crippen molar-refractivity contribution in [3.8, 4) is 0 Å². The average Bonchev–Trinajstić information content (AvgIpc) is 2.58. The van der Waals surface area contributed by atoms with E-state index in [0.717, 1.165) is 5.56 Å². The van der Waals surface area contributed by atoms with E-state index < -0.39 is 18.5 Å². The highest BCUT2D eigenvalue weighted by molar-refractivity contribution is 5.94. The molecule has 0 fully saturated rings. The third-order valence-electron chi connectivity index (χ3n) is 3.88. The Kier molecular flexibility index (Phi) is 6.71. The van der Waals surface area contributed by atoms with E-state index in [1.165, 1.54) is 25.3 Å². The molecule has 2 rings (SSSR count). The van der Waals surface area contributed by atoms with Gasteiger partial charge in [-0.3, -0.25) is 14.6 Å². The number of hydrogen-bond donors (Lipinski definition) is 2. The molecule has 0 radical (unpaired) electrons. The van der Waals surface area contributed by atoms with Crippen molar-refractivity contribution >= 4 is 17.6 Å². The molecule has 0 aliphatic rings. The molecule has 1 unspecified atom stereocenters. The predicted octanol–water partition coefficient (Wildman–Crippen LogP) is 3.73. The summed E-state index contributed by atoms with van der Waals surface area (Å²) in [6.45, 7) is 4.92. The van der Waals surface area contributed by atoms with Crippen molar-refractivity contribution in [2.75, 3.05) is 5.32 Å². The average molecular weight is 394 g/mol. The summed E-state index contributed by atoms with van der Waals surface area (Å²) in [5, 5.41) is 5.40. The second-order valence-electron chi connectivity index (χ2n) is 6.46. The molecule has 150 valence electrons. The summed E-state index contributed by atoms with van der Waals surface area (Å²) in [5.41, 5.74) is 1.94. The molecule has 2 heterocycles. The Balaban J connectivity index is 2.04. The Morgan fingerprint density at radius 1 is 1.21 bits per heavy atom. The van der Waals surface area contributed by atoms with Crippen molar-refractivity contribution in [1.82, 2.24) is 15.3 Å². The van der Waals surface area contributed by atoms with E-state index in [2.05, 4.69) is 20.6 Å². The van der Waals surface area contributed by atoms with Gasteiger partial charge in [-0.25, -0.2) is 4.98 Å². The Hall–Kier alpha value is -2.97. The van der Waals surface area contributed by atoms with Crippen LogP contribution in [0.25, 0.3) is 0 Å². The second kappa shape index (κ2) is 8.81.